The van der Waals surface area contributed by atoms with Gasteiger partial charge in [0, 0.05) is 16.3 Å². The first-order valence-electron chi connectivity index (χ1n) is 6.13. The highest BCUT2D eigenvalue weighted by atomic mass is 32.1. The molecule has 0 spiro atoms. The molecule has 2 N–H and O–H groups in total. The lowest BCUT2D eigenvalue weighted by molar-refractivity contribution is 0.276. The minimum atomic E-state index is -0.140. The van der Waals surface area contributed by atoms with Crippen LogP contribution in [-0.2, 0) is 0 Å². The summed E-state index contributed by atoms with van der Waals surface area (Å²) >= 11 is 1.69. The summed E-state index contributed by atoms with van der Waals surface area (Å²) in [7, 11) is 0. The second kappa shape index (κ2) is 5.38. The number of aliphatic hydroxyl groups is 1. The van der Waals surface area contributed by atoms with Crippen LogP contribution in [0, 0.1) is 0 Å². The van der Waals surface area contributed by atoms with E-state index in [0.29, 0.717) is 0 Å². The number of aliphatic hydroxyl groups excluding tert-OH is 1. The highest BCUT2D eigenvalue weighted by Gasteiger charge is 2.12. The maximum atomic E-state index is 9.58. The van der Waals surface area contributed by atoms with Gasteiger partial charge < -0.3 is 10.4 Å². The van der Waals surface area contributed by atoms with E-state index in [1.165, 1.54) is 4.70 Å². The van der Waals surface area contributed by atoms with Gasteiger partial charge in [-0.3, -0.25) is 0 Å². The average Bonchev–Trinajstić information content (AvgIpc) is 2.95. The van der Waals surface area contributed by atoms with Gasteiger partial charge in [0.2, 0.25) is 0 Å². The molecule has 0 bridgehead atoms. The molecule has 0 amide bonds. The molecular formula is C15H14N2OS. The van der Waals surface area contributed by atoms with E-state index in [-0.39, 0.29) is 12.6 Å². The van der Waals surface area contributed by atoms with Crippen molar-refractivity contribution < 1.29 is 5.11 Å². The van der Waals surface area contributed by atoms with Crippen molar-refractivity contribution in [2.24, 2.45) is 0 Å². The minimum absolute atomic E-state index is 0.0339. The van der Waals surface area contributed by atoms with Gasteiger partial charge in [-0.15, -0.1) is 11.3 Å². The molecule has 3 aromatic rings. The number of nitrogens with one attached hydrogen (secondary N) is 1. The Morgan fingerprint density at radius 2 is 2.00 bits per heavy atom. The summed E-state index contributed by atoms with van der Waals surface area (Å²) < 4.78 is 1.20. The molecule has 0 saturated heterocycles. The number of thiophene rings is 1. The summed E-state index contributed by atoms with van der Waals surface area (Å²) in [4.78, 5) is 4.38. The summed E-state index contributed by atoms with van der Waals surface area (Å²) in [6.45, 7) is 0.0339. The molecule has 0 aliphatic carbocycles. The third-order valence-corrected chi connectivity index (χ3v) is 3.96. The van der Waals surface area contributed by atoms with E-state index in [0.717, 1.165) is 16.8 Å². The molecule has 0 aliphatic rings. The van der Waals surface area contributed by atoms with Crippen LogP contribution >= 0.6 is 11.3 Å². The zero-order valence-corrected chi connectivity index (χ0v) is 11.1. The summed E-state index contributed by atoms with van der Waals surface area (Å²) in [6.07, 6.45) is 1.79. The number of rotatable bonds is 4. The Labute approximate surface area is 115 Å². The highest BCUT2D eigenvalue weighted by Crippen LogP contribution is 2.28. The molecule has 3 rings (SSSR count). The van der Waals surface area contributed by atoms with Gasteiger partial charge in [-0.05, 0) is 23.1 Å². The van der Waals surface area contributed by atoms with Crippen molar-refractivity contribution in [3.8, 4) is 0 Å². The number of pyridine rings is 1. The first-order valence-corrected chi connectivity index (χ1v) is 7.01. The van der Waals surface area contributed by atoms with Crippen molar-refractivity contribution in [1.82, 2.24) is 4.98 Å². The lowest BCUT2D eigenvalue weighted by Gasteiger charge is -2.17. The van der Waals surface area contributed by atoms with Crippen LogP contribution in [-0.4, -0.2) is 16.7 Å². The van der Waals surface area contributed by atoms with Gasteiger partial charge in [-0.1, -0.05) is 30.3 Å². The molecule has 0 saturated carbocycles. The fourth-order valence-electron chi connectivity index (χ4n) is 2.09. The number of benzene rings is 1. The van der Waals surface area contributed by atoms with E-state index in [2.05, 4.69) is 16.4 Å². The number of hydrogen-bond donors (Lipinski definition) is 2. The fraction of sp³-hybridized carbons (Fsp3) is 0.133. The lowest BCUT2D eigenvalue weighted by Crippen LogP contribution is -2.15. The fourth-order valence-corrected chi connectivity index (χ4v) is 2.88. The van der Waals surface area contributed by atoms with Gasteiger partial charge in [-0.25, -0.2) is 4.98 Å². The molecule has 0 radical (unpaired) electrons. The minimum Gasteiger partial charge on any atom is -0.394 e. The molecule has 0 fully saturated rings. The van der Waals surface area contributed by atoms with E-state index in [1.807, 2.05) is 41.8 Å². The zero-order valence-electron chi connectivity index (χ0n) is 10.3. The van der Waals surface area contributed by atoms with Crippen molar-refractivity contribution in [3.63, 3.8) is 0 Å². The molecule has 4 heteroatoms. The molecule has 96 valence electrons. The van der Waals surface area contributed by atoms with E-state index in [1.54, 1.807) is 17.5 Å². The molecule has 19 heavy (non-hydrogen) atoms. The average molecular weight is 270 g/mol. The third kappa shape index (κ3) is 2.45. The number of aromatic nitrogens is 1. The Bertz CT molecular complexity index is 666. The summed E-state index contributed by atoms with van der Waals surface area (Å²) in [6, 6.07) is 13.8. The molecule has 2 aromatic heterocycles. The highest BCUT2D eigenvalue weighted by molar-refractivity contribution is 7.17. The van der Waals surface area contributed by atoms with Crippen molar-refractivity contribution >= 4 is 27.2 Å². The summed E-state index contributed by atoms with van der Waals surface area (Å²) in [5, 5.41) is 16.0. The lowest BCUT2D eigenvalue weighted by atomic mass is 10.1. The van der Waals surface area contributed by atoms with E-state index in [9.17, 15) is 5.11 Å². The number of hydrogen-bond acceptors (Lipinski definition) is 4. The van der Waals surface area contributed by atoms with Gasteiger partial charge in [0.05, 0.1) is 12.6 Å². The molecular weight excluding hydrogens is 256 g/mol. The quantitative estimate of drug-likeness (QED) is 0.763. The Hall–Kier alpha value is -1.91. The van der Waals surface area contributed by atoms with Crippen molar-refractivity contribution in [2.45, 2.75) is 6.04 Å². The maximum absolute atomic E-state index is 9.58. The predicted molar refractivity (Wildman–Crippen MR) is 79.5 cm³/mol. The Kier molecular flexibility index (Phi) is 3.44. The molecule has 1 atom stereocenters. The standard InChI is InChI=1S/C15H14N2OS/c18-10-13(11-4-2-1-3-5-11)17-15-12-7-9-19-14(12)6-8-16-15/h1-9,13,18H,10H2,(H,16,17). The summed E-state index contributed by atoms with van der Waals surface area (Å²) in [5.74, 6) is 0.821. The van der Waals surface area contributed by atoms with Gasteiger partial charge in [0.15, 0.2) is 0 Å². The van der Waals surface area contributed by atoms with Gasteiger partial charge in [0.25, 0.3) is 0 Å². The smallest absolute Gasteiger partial charge is 0.135 e. The molecule has 1 unspecified atom stereocenters. The van der Waals surface area contributed by atoms with Crippen LogP contribution in [0.5, 0.6) is 0 Å². The molecule has 2 heterocycles. The van der Waals surface area contributed by atoms with Crippen molar-refractivity contribution in [3.05, 3.63) is 59.6 Å². The number of fused-ring (bicyclic) bond motifs is 1. The predicted octanol–water partition coefficient (Wildman–Crippen LogP) is 3.44. The van der Waals surface area contributed by atoms with Crippen LogP contribution in [0.3, 0.4) is 0 Å². The van der Waals surface area contributed by atoms with Crippen LogP contribution in [0.2, 0.25) is 0 Å². The summed E-state index contributed by atoms with van der Waals surface area (Å²) in [5.41, 5.74) is 1.05. The molecule has 3 nitrogen and oxygen atoms in total. The van der Waals surface area contributed by atoms with Crippen LogP contribution < -0.4 is 5.32 Å². The van der Waals surface area contributed by atoms with Crippen molar-refractivity contribution in [2.75, 3.05) is 11.9 Å². The topological polar surface area (TPSA) is 45.1 Å². The molecule has 0 aliphatic heterocycles. The first kappa shape index (κ1) is 12.1. The maximum Gasteiger partial charge on any atom is 0.135 e. The van der Waals surface area contributed by atoms with Gasteiger partial charge >= 0.3 is 0 Å². The zero-order chi connectivity index (χ0) is 13.1. The first-order chi connectivity index (χ1) is 9.38. The van der Waals surface area contributed by atoms with Crippen molar-refractivity contribution in [1.29, 1.82) is 0 Å². The Balaban J connectivity index is 1.93. The van der Waals surface area contributed by atoms with Crippen LogP contribution in [0.25, 0.3) is 10.1 Å². The second-order valence-corrected chi connectivity index (χ2v) is 5.23. The van der Waals surface area contributed by atoms with Crippen LogP contribution in [0.1, 0.15) is 11.6 Å². The largest absolute Gasteiger partial charge is 0.394 e. The SMILES string of the molecule is OCC(Nc1nccc2sccc12)c1ccccc1. The Morgan fingerprint density at radius 3 is 2.79 bits per heavy atom. The van der Waals surface area contributed by atoms with Crippen LogP contribution in [0.15, 0.2) is 54.0 Å². The van der Waals surface area contributed by atoms with E-state index >= 15 is 0 Å². The van der Waals surface area contributed by atoms with Gasteiger partial charge in [-0.2, -0.15) is 0 Å². The van der Waals surface area contributed by atoms with E-state index in [4.69, 9.17) is 0 Å². The molecule has 1 aromatic carbocycles. The number of anilines is 1. The Morgan fingerprint density at radius 1 is 1.16 bits per heavy atom. The van der Waals surface area contributed by atoms with Crippen LogP contribution in [0.4, 0.5) is 5.82 Å². The van der Waals surface area contributed by atoms with Gasteiger partial charge in [0.1, 0.15) is 5.82 Å². The normalized spacial score (nSPS) is 12.5. The third-order valence-electron chi connectivity index (χ3n) is 3.08. The monoisotopic (exact) mass is 270 g/mol. The second-order valence-electron chi connectivity index (χ2n) is 4.28. The number of nitrogens with zero attached hydrogens (tertiary/aromatic N) is 1. The van der Waals surface area contributed by atoms with E-state index < -0.39 is 0 Å².